The van der Waals surface area contributed by atoms with Crippen LogP contribution < -0.4 is 4.72 Å². The summed E-state index contributed by atoms with van der Waals surface area (Å²) in [6.45, 7) is 5.96. The number of hydrogen-bond acceptors (Lipinski definition) is 6. The Morgan fingerprint density at radius 1 is 1.35 bits per heavy atom. The highest BCUT2D eigenvalue weighted by Crippen LogP contribution is 2.18. The lowest BCUT2D eigenvalue weighted by Crippen LogP contribution is -2.40. The summed E-state index contributed by atoms with van der Waals surface area (Å²) in [5, 5.41) is -0.312. The largest absolute Gasteiger partial charge is 0.457 e. The van der Waals surface area contributed by atoms with E-state index in [1.165, 1.54) is 12.1 Å². The molecule has 1 aliphatic rings. The molecule has 1 saturated heterocycles. The van der Waals surface area contributed by atoms with Gasteiger partial charge >= 0.3 is 5.97 Å². The van der Waals surface area contributed by atoms with Crippen molar-refractivity contribution in [3.63, 3.8) is 0 Å². The first-order valence-corrected chi connectivity index (χ1v) is 9.08. The standard InChI is InChI=1S/C15H23NO6S/c1-15(2,3)16-23(18,19)13-8-7-12(22-13)14(17)21-10-11-6-4-5-9-20-11/h7-8,11,16H,4-6,9-10H2,1-3H3/t11-/m0/s1. The minimum Gasteiger partial charge on any atom is -0.457 e. The third-order valence-corrected chi connectivity index (χ3v) is 4.79. The maximum absolute atomic E-state index is 12.1. The zero-order chi connectivity index (χ0) is 17.1. The number of ether oxygens (including phenoxy) is 2. The number of nitrogens with one attached hydrogen (secondary N) is 1. The molecule has 1 atom stereocenters. The van der Waals surface area contributed by atoms with Crippen molar-refractivity contribution in [3.8, 4) is 0 Å². The molecule has 7 nitrogen and oxygen atoms in total. The molecule has 1 aromatic heterocycles. The van der Waals surface area contributed by atoms with Crippen LogP contribution in [0.25, 0.3) is 0 Å². The van der Waals surface area contributed by atoms with Crippen LogP contribution in [0.15, 0.2) is 21.6 Å². The minimum atomic E-state index is -3.82. The lowest BCUT2D eigenvalue weighted by molar-refractivity contribution is -0.0312. The summed E-state index contributed by atoms with van der Waals surface area (Å²) < 4.78 is 42.4. The Morgan fingerprint density at radius 3 is 2.70 bits per heavy atom. The molecule has 23 heavy (non-hydrogen) atoms. The van der Waals surface area contributed by atoms with E-state index >= 15 is 0 Å². The Morgan fingerprint density at radius 2 is 2.09 bits per heavy atom. The highest BCUT2D eigenvalue weighted by Gasteiger charge is 2.27. The Labute approximate surface area is 136 Å². The third kappa shape index (κ3) is 5.33. The van der Waals surface area contributed by atoms with Crippen molar-refractivity contribution in [3.05, 3.63) is 17.9 Å². The molecule has 0 amide bonds. The lowest BCUT2D eigenvalue weighted by atomic mass is 10.1. The second-order valence-corrected chi connectivity index (χ2v) is 8.17. The first-order chi connectivity index (χ1) is 10.7. The molecule has 2 rings (SSSR count). The Kier molecular flexibility index (Phi) is 5.49. The van der Waals surface area contributed by atoms with E-state index in [4.69, 9.17) is 13.9 Å². The second kappa shape index (κ2) is 7.02. The maximum Gasteiger partial charge on any atom is 0.374 e. The van der Waals surface area contributed by atoms with Crippen LogP contribution in [0, 0.1) is 0 Å². The van der Waals surface area contributed by atoms with Crippen LogP contribution in [-0.2, 0) is 19.5 Å². The van der Waals surface area contributed by atoms with Crippen molar-refractivity contribution in [2.24, 2.45) is 0 Å². The second-order valence-electron chi connectivity index (χ2n) is 6.56. The molecule has 130 valence electrons. The predicted molar refractivity (Wildman–Crippen MR) is 82.7 cm³/mol. The molecule has 1 aliphatic heterocycles. The van der Waals surface area contributed by atoms with E-state index in [1.54, 1.807) is 20.8 Å². The van der Waals surface area contributed by atoms with Crippen LogP contribution in [0.1, 0.15) is 50.6 Å². The van der Waals surface area contributed by atoms with E-state index in [-0.39, 0.29) is 23.6 Å². The van der Waals surface area contributed by atoms with Gasteiger partial charge in [-0.2, -0.15) is 0 Å². The van der Waals surface area contributed by atoms with Gasteiger partial charge in [-0.05, 0) is 52.2 Å². The summed E-state index contributed by atoms with van der Waals surface area (Å²) in [4.78, 5) is 11.9. The summed E-state index contributed by atoms with van der Waals surface area (Å²) in [6.07, 6.45) is 2.81. The molecule has 0 aliphatic carbocycles. The molecule has 0 spiro atoms. The molecular weight excluding hydrogens is 322 g/mol. The van der Waals surface area contributed by atoms with Crippen LogP contribution in [-0.4, -0.2) is 39.2 Å². The topological polar surface area (TPSA) is 94.8 Å². The molecule has 1 fully saturated rings. The van der Waals surface area contributed by atoms with Gasteiger partial charge in [-0.3, -0.25) is 0 Å². The van der Waals surface area contributed by atoms with Gasteiger partial charge in [0.15, 0.2) is 0 Å². The van der Waals surface area contributed by atoms with Crippen LogP contribution >= 0.6 is 0 Å². The Hall–Kier alpha value is -1.38. The number of sulfonamides is 1. The van der Waals surface area contributed by atoms with Gasteiger partial charge < -0.3 is 13.9 Å². The van der Waals surface area contributed by atoms with Crippen LogP contribution in [0.3, 0.4) is 0 Å². The van der Waals surface area contributed by atoms with Gasteiger partial charge in [-0.15, -0.1) is 0 Å². The van der Waals surface area contributed by atoms with Gasteiger partial charge in [0.1, 0.15) is 6.61 Å². The van der Waals surface area contributed by atoms with Gasteiger partial charge in [-0.1, -0.05) is 0 Å². The fraction of sp³-hybridized carbons (Fsp3) is 0.667. The molecule has 1 aromatic rings. The zero-order valence-corrected chi connectivity index (χ0v) is 14.4. The summed E-state index contributed by atoms with van der Waals surface area (Å²) in [5.41, 5.74) is -0.648. The lowest BCUT2D eigenvalue weighted by Gasteiger charge is -2.21. The smallest absolute Gasteiger partial charge is 0.374 e. The average molecular weight is 345 g/mol. The quantitative estimate of drug-likeness (QED) is 0.821. The molecule has 0 saturated carbocycles. The maximum atomic E-state index is 12.1. The number of rotatable bonds is 5. The summed E-state index contributed by atoms with van der Waals surface area (Å²) in [7, 11) is -3.82. The van der Waals surface area contributed by atoms with Gasteiger partial charge in [-0.25, -0.2) is 17.9 Å². The van der Waals surface area contributed by atoms with E-state index in [9.17, 15) is 13.2 Å². The summed E-state index contributed by atoms with van der Waals surface area (Å²) >= 11 is 0. The van der Waals surface area contributed by atoms with E-state index in [0.717, 1.165) is 19.3 Å². The number of furan rings is 1. The molecular formula is C15H23NO6S. The van der Waals surface area contributed by atoms with Gasteiger partial charge in [0, 0.05) is 12.1 Å². The van der Waals surface area contributed by atoms with E-state index in [1.807, 2.05) is 0 Å². The minimum absolute atomic E-state index is 0.103. The van der Waals surface area contributed by atoms with Gasteiger partial charge in [0.25, 0.3) is 10.0 Å². The number of hydrogen-bond donors (Lipinski definition) is 1. The van der Waals surface area contributed by atoms with Crippen molar-refractivity contribution in [1.29, 1.82) is 0 Å². The molecule has 2 heterocycles. The highest BCUT2D eigenvalue weighted by atomic mass is 32.2. The molecule has 0 unspecified atom stereocenters. The Bertz CT molecular complexity index is 637. The van der Waals surface area contributed by atoms with E-state index in [0.29, 0.717) is 6.61 Å². The zero-order valence-electron chi connectivity index (χ0n) is 13.6. The van der Waals surface area contributed by atoms with Gasteiger partial charge in [0.2, 0.25) is 10.9 Å². The molecule has 0 bridgehead atoms. The third-order valence-electron chi connectivity index (χ3n) is 3.16. The van der Waals surface area contributed by atoms with Crippen molar-refractivity contribution >= 4 is 16.0 Å². The Balaban J connectivity index is 1.96. The number of carbonyl (C=O) groups is 1. The first kappa shape index (κ1) is 18.0. The monoisotopic (exact) mass is 345 g/mol. The van der Waals surface area contributed by atoms with Crippen molar-refractivity contribution in [2.75, 3.05) is 13.2 Å². The summed E-state index contributed by atoms with van der Waals surface area (Å²) in [5.74, 6) is -0.841. The highest BCUT2D eigenvalue weighted by molar-refractivity contribution is 7.89. The van der Waals surface area contributed by atoms with Crippen LogP contribution in [0.5, 0.6) is 0 Å². The fourth-order valence-electron chi connectivity index (χ4n) is 2.21. The van der Waals surface area contributed by atoms with E-state index in [2.05, 4.69) is 4.72 Å². The SMILES string of the molecule is CC(C)(C)NS(=O)(=O)c1ccc(C(=O)OC[C@@H]2CCCCO2)o1. The molecule has 1 N–H and O–H groups in total. The molecule has 0 aromatic carbocycles. The fourth-order valence-corrected chi connectivity index (χ4v) is 3.56. The predicted octanol–water partition coefficient (Wildman–Crippen LogP) is 2.08. The molecule has 0 radical (unpaired) electrons. The van der Waals surface area contributed by atoms with Crippen molar-refractivity contribution < 1.29 is 27.1 Å². The van der Waals surface area contributed by atoms with Crippen molar-refractivity contribution in [2.45, 2.75) is 56.8 Å². The summed E-state index contributed by atoms with van der Waals surface area (Å²) in [6, 6.07) is 2.53. The van der Waals surface area contributed by atoms with E-state index < -0.39 is 21.5 Å². The first-order valence-electron chi connectivity index (χ1n) is 7.60. The number of carbonyl (C=O) groups excluding carboxylic acids is 1. The normalized spacial score (nSPS) is 19.5. The number of esters is 1. The van der Waals surface area contributed by atoms with Crippen LogP contribution in [0.2, 0.25) is 0 Å². The molecule has 8 heteroatoms. The average Bonchev–Trinajstić information content (AvgIpc) is 2.94. The van der Waals surface area contributed by atoms with Crippen molar-refractivity contribution in [1.82, 2.24) is 4.72 Å². The van der Waals surface area contributed by atoms with Crippen LogP contribution in [0.4, 0.5) is 0 Å². The van der Waals surface area contributed by atoms with Gasteiger partial charge in [0.05, 0.1) is 6.10 Å².